The first-order chi connectivity index (χ1) is 10.4. The van der Waals surface area contributed by atoms with E-state index in [1.54, 1.807) is 6.92 Å². The van der Waals surface area contributed by atoms with E-state index in [-0.39, 0.29) is 6.61 Å². The van der Waals surface area contributed by atoms with Gasteiger partial charge in [0.15, 0.2) is 0 Å². The van der Waals surface area contributed by atoms with Crippen molar-refractivity contribution in [2.24, 2.45) is 5.41 Å². The summed E-state index contributed by atoms with van der Waals surface area (Å²) in [5.41, 5.74) is 0.453. The summed E-state index contributed by atoms with van der Waals surface area (Å²) in [6.07, 6.45) is 0.975. The number of carboxylic acid groups (broad SMARTS) is 1. The molecule has 7 heteroatoms. The van der Waals surface area contributed by atoms with Crippen LogP contribution >= 0.6 is 0 Å². The van der Waals surface area contributed by atoms with Crippen molar-refractivity contribution in [2.45, 2.75) is 26.4 Å². The van der Waals surface area contributed by atoms with Gasteiger partial charge in [-0.25, -0.2) is 9.78 Å². The zero-order valence-electron chi connectivity index (χ0n) is 12.1. The molecule has 1 saturated heterocycles. The van der Waals surface area contributed by atoms with Crippen LogP contribution in [0.25, 0.3) is 0 Å². The van der Waals surface area contributed by atoms with Crippen LogP contribution in [0.2, 0.25) is 0 Å². The highest BCUT2D eigenvalue weighted by Gasteiger charge is 2.38. The Hall–Kier alpha value is -2.62. The lowest BCUT2D eigenvalue weighted by Gasteiger charge is -2.37. The number of carbonyl (C=O) groups is 2. The number of aliphatic carboxylic acids is 1. The lowest BCUT2D eigenvalue weighted by atomic mass is 9.80. The monoisotopic (exact) mass is 301 g/mol. The molecule has 0 unspecified atom stereocenters. The van der Waals surface area contributed by atoms with Crippen molar-refractivity contribution in [3.8, 4) is 6.07 Å². The average molecular weight is 301 g/mol. The third kappa shape index (κ3) is 2.17. The summed E-state index contributed by atoms with van der Waals surface area (Å²) in [6.45, 7) is 2.88. The largest absolute Gasteiger partial charge is 0.481 e. The van der Waals surface area contributed by atoms with Crippen LogP contribution in [0.4, 0.5) is 5.82 Å². The maximum Gasteiger partial charge on any atom is 0.340 e. The number of pyridine rings is 1. The number of cyclic esters (lactones) is 1. The second-order valence-electron chi connectivity index (χ2n) is 5.89. The number of hydrogen-bond acceptors (Lipinski definition) is 6. The molecule has 0 aliphatic carbocycles. The maximum absolute atomic E-state index is 11.5. The van der Waals surface area contributed by atoms with Crippen LogP contribution in [0, 0.1) is 16.7 Å². The van der Waals surface area contributed by atoms with Gasteiger partial charge in [0, 0.05) is 13.1 Å². The van der Waals surface area contributed by atoms with Gasteiger partial charge in [-0.15, -0.1) is 0 Å². The Morgan fingerprint density at radius 1 is 1.50 bits per heavy atom. The molecular formula is C15H15N3O4. The molecule has 2 aliphatic heterocycles. The van der Waals surface area contributed by atoms with Gasteiger partial charge in [-0.2, -0.15) is 5.26 Å². The van der Waals surface area contributed by atoms with Gasteiger partial charge in [0.2, 0.25) is 0 Å². The number of aromatic nitrogens is 1. The highest BCUT2D eigenvalue weighted by Crippen LogP contribution is 2.34. The number of fused-ring (bicyclic) bond motifs is 1. The van der Waals surface area contributed by atoms with Crippen LogP contribution in [0.15, 0.2) is 6.07 Å². The Morgan fingerprint density at radius 3 is 2.77 bits per heavy atom. The third-order valence-electron chi connectivity index (χ3n) is 4.44. The van der Waals surface area contributed by atoms with Gasteiger partial charge < -0.3 is 14.7 Å². The zero-order valence-corrected chi connectivity index (χ0v) is 12.1. The van der Waals surface area contributed by atoms with E-state index in [2.05, 4.69) is 11.1 Å². The van der Waals surface area contributed by atoms with Crippen molar-refractivity contribution in [2.75, 3.05) is 18.0 Å². The zero-order chi connectivity index (χ0) is 15.9. The molecule has 114 valence electrons. The van der Waals surface area contributed by atoms with E-state index in [9.17, 15) is 20.0 Å². The number of nitrogens with zero attached hydrogens (tertiary/aromatic N) is 3. The smallest absolute Gasteiger partial charge is 0.340 e. The van der Waals surface area contributed by atoms with Crippen molar-refractivity contribution in [3.05, 3.63) is 22.9 Å². The van der Waals surface area contributed by atoms with Crippen LogP contribution < -0.4 is 4.90 Å². The fourth-order valence-corrected chi connectivity index (χ4v) is 2.79. The lowest BCUT2D eigenvalue weighted by Crippen LogP contribution is -2.43. The van der Waals surface area contributed by atoms with E-state index in [1.807, 2.05) is 4.90 Å². The quantitative estimate of drug-likeness (QED) is 0.821. The molecule has 0 spiro atoms. The van der Waals surface area contributed by atoms with Crippen LogP contribution in [-0.4, -0.2) is 35.1 Å². The molecule has 3 heterocycles. The minimum absolute atomic E-state index is 0.119. The number of rotatable bonds is 2. The summed E-state index contributed by atoms with van der Waals surface area (Å²) in [5, 5.41) is 18.6. The molecular weight excluding hydrogens is 286 g/mol. The molecule has 0 atom stereocenters. The van der Waals surface area contributed by atoms with Crippen LogP contribution in [0.1, 0.15) is 41.4 Å². The second kappa shape index (κ2) is 4.98. The van der Waals surface area contributed by atoms with E-state index >= 15 is 0 Å². The van der Waals surface area contributed by atoms with Crippen LogP contribution in [-0.2, 0) is 16.1 Å². The van der Waals surface area contributed by atoms with Crippen molar-refractivity contribution in [1.29, 1.82) is 5.26 Å². The van der Waals surface area contributed by atoms with Crippen molar-refractivity contribution in [1.82, 2.24) is 4.98 Å². The highest BCUT2D eigenvalue weighted by atomic mass is 16.5. The van der Waals surface area contributed by atoms with Gasteiger partial charge in [0.1, 0.15) is 18.5 Å². The second-order valence-corrected chi connectivity index (χ2v) is 5.89. The Morgan fingerprint density at radius 2 is 2.18 bits per heavy atom. The molecule has 22 heavy (non-hydrogen) atoms. The molecule has 1 fully saturated rings. The Bertz CT molecular complexity index is 699. The van der Waals surface area contributed by atoms with Gasteiger partial charge >= 0.3 is 11.9 Å². The number of ether oxygens (including phenoxy) is 1. The number of anilines is 1. The van der Waals surface area contributed by atoms with Crippen molar-refractivity contribution in [3.63, 3.8) is 0 Å². The number of piperidine rings is 1. The van der Waals surface area contributed by atoms with Crippen LogP contribution in [0.5, 0.6) is 0 Å². The topological polar surface area (TPSA) is 104 Å². The van der Waals surface area contributed by atoms with E-state index < -0.39 is 17.4 Å². The number of nitriles is 1. The van der Waals surface area contributed by atoms with Gasteiger partial charge in [0.25, 0.3) is 0 Å². The maximum atomic E-state index is 11.5. The van der Waals surface area contributed by atoms with E-state index in [4.69, 9.17) is 4.74 Å². The van der Waals surface area contributed by atoms with Crippen molar-refractivity contribution >= 4 is 17.8 Å². The first kappa shape index (κ1) is 14.3. The molecule has 0 radical (unpaired) electrons. The first-order valence-electron chi connectivity index (χ1n) is 7.04. The first-order valence-corrected chi connectivity index (χ1v) is 7.04. The summed E-state index contributed by atoms with van der Waals surface area (Å²) in [7, 11) is 0. The van der Waals surface area contributed by atoms with Crippen molar-refractivity contribution < 1.29 is 19.4 Å². The molecule has 3 rings (SSSR count). The molecule has 1 aromatic rings. The molecule has 0 aromatic carbocycles. The Balaban J connectivity index is 1.89. The van der Waals surface area contributed by atoms with E-state index in [1.165, 1.54) is 6.07 Å². The minimum Gasteiger partial charge on any atom is -0.481 e. The molecule has 7 nitrogen and oxygen atoms in total. The van der Waals surface area contributed by atoms with Gasteiger partial charge in [-0.05, 0) is 25.8 Å². The molecule has 0 amide bonds. The SMILES string of the molecule is CC1(C(=O)O)CCN(c2nc3c(cc2C#N)C(=O)OC3)CC1. The minimum atomic E-state index is -0.798. The standard InChI is InChI=1S/C15H15N3O4/c1-15(14(20)21)2-4-18(5-3-15)12-9(7-16)6-10-11(17-12)8-22-13(10)19/h6H,2-5,8H2,1H3,(H,20,21). The molecule has 0 bridgehead atoms. The van der Waals surface area contributed by atoms with Gasteiger partial charge in [-0.1, -0.05) is 0 Å². The lowest BCUT2D eigenvalue weighted by molar-refractivity contribution is -0.149. The Labute approximate surface area is 127 Å². The molecule has 2 aliphatic rings. The van der Waals surface area contributed by atoms with Gasteiger partial charge in [0.05, 0.1) is 22.2 Å². The van der Waals surface area contributed by atoms with Crippen LogP contribution in [0.3, 0.4) is 0 Å². The highest BCUT2D eigenvalue weighted by molar-refractivity contribution is 5.93. The van der Waals surface area contributed by atoms with E-state index in [0.29, 0.717) is 48.6 Å². The predicted molar refractivity (Wildman–Crippen MR) is 75.3 cm³/mol. The van der Waals surface area contributed by atoms with Gasteiger partial charge in [-0.3, -0.25) is 4.79 Å². The summed E-state index contributed by atoms with van der Waals surface area (Å²) in [6, 6.07) is 3.57. The number of carboxylic acids is 1. The number of hydrogen-bond donors (Lipinski definition) is 1. The predicted octanol–water partition coefficient (Wildman–Crippen LogP) is 1.31. The number of esters is 1. The summed E-state index contributed by atoms with van der Waals surface area (Å²) in [5.74, 6) is -0.747. The fourth-order valence-electron chi connectivity index (χ4n) is 2.79. The summed E-state index contributed by atoms with van der Waals surface area (Å²) in [4.78, 5) is 29.1. The van der Waals surface area contributed by atoms with E-state index in [0.717, 1.165) is 0 Å². The Kier molecular flexibility index (Phi) is 3.24. The average Bonchev–Trinajstić information content (AvgIpc) is 2.87. The molecule has 1 N–H and O–H groups in total. The molecule has 0 saturated carbocycles. The molecule has 1 aromatic heterocycles. The summed E-state index contributed by atoms with van der Waals surface area (Å²) >= 11 is 0. The third-order valence-corrected chi connectivity index (χ3v) is 4.44. The summed E-state index contributed by atoms with van der Waals surface area (Å²) < 4.78 is 4.92. The normalized spacial score (nSPS) is 19.3. The number of carbonyl (C=O) groups excluding carboxylic acids is 1. The fraction of sp³-hybridized carbons (Fsp3) is 0.467.